The molecule has 1 atom stereocenters. The standard InChI is InChI=1S/C8H8F2N2O2/c9-4-1-2-6(10)12-8(4)5(11)3-7(13)14/h1-2,5H,3,11H2,(H,13,14)/t5-/m0/s1. The summed E-state index contributed by atoms with van der Waals surface area (Å²) in [6.07, 6.45) is -0.493. The second kappa shape index (κ2) is 4.10. The molecule has 1 heterocycles. The van der Waals surface area contributed by atoms with Crippen molar-refractivity contribution in [2.45, 2.75) is 12.5 Å². The lowest BCUT2D eigenvalue weighted by Crippen LogP contribution is -2.18. The first kappa shape index (κ1) is 10.5. The number of carbonyl (C=O) groups is 1. The Morgan fingerprint density at radius 1 is 1.57 bits per heavy atom. The minimum absolute atomic E-state index is 0.368. The highest BCUT2D eigenvalue weighted by Crippen LogP contribution is 2.15. The molecule has 0 bridgehead atoms. The zero-order chi connectivity index (χ0) is 10.7. The van der Waals surface area contributed by atoms with Crippen LogP contribution in [0.3, 0.4) is 0 Å². The molecule has 1 rings (SSSR count). The van der Waals surface area contributed by atoms with Gasteiger partial charge in [-0.1, -0.05) is 0 Å². The smallest absolute Gasteiger partial charge is 0.305 e. The summed E-state index contributed by atoms with van der Waals surface area (Å²) in [5.41, 5.74) is 4.95. The lowest BCUT2D eigenvalue weighted by molar-refractivity contribution is -0.137. The minimum Gasteiger partial charge on any atom is -0.481 e. The Bertz CT molecular complexity index is 357. The predicted molar refractivity (Wildman–Crippen MR) is 43.3 cm³/mol. The van der Waals surface area contributed by atoms with Gasteiger partial charge < -0.3 is 10.8 Å². The monoisotopic (exact) mass is 202 g/mol. The lowest BCUT2D eigenvalue weighted by atomic mass is 10.1. The lowest BCUT2D eigenvalue weighted by Gasteiger charge is -2.08. The van der Waals surface area contributed by atoms with Crippen molar-refractivity contribution in [2.24, 2.45) is 5.73 Å². The maximum Gasteiger partial charge on any atom is 0.305 e. The molecule has 6 heteroatoms. The van der Waals surface area contributed by atoms with Gasteiger partial charge in [-0.25, -0.2) is 9.37 Å². The maximum atomic E-state index is 13.0. The van der Waals surface area contributed by atoms with E-state index in [0.717, 1.165) is 12.1 Å². The zero-order valence-electron chi connectivity index (χ0n) is 7.08. The molecule has 0 fully saturated rings. The number of halogens is 2. The molecule has 0 aliphatic heterocycles. The van der Waals surface area contributed by atoms with Gasteiger partial charge in [-0.15, -0.1) is 0 Å². The molecule has 0 radical (unpaired) electrons. The van der Waals surface area contributed by atoms with E-state index in [0.29, 0.717) is 0 Å². The van der Waals surface area contributed by atoms with Crippen molar-refractivity contribution >= 4 is 5.97 Å². The van der Waals surface area contributed by atoms with E-state index < -0.39 is 30.2 Å². The van der Waals surface area contributed by atoms with Crippen LogP contribution in [0.25, 0.3) is 0 Å². The van der Waals surface area contributed by atoms with Crippen molar-refractivity contribution in [1.29, 1.82) is 0 Å². The zero-order valence-corrected chi connectivity index (χ0v) is 7.08. The largest absolute Gasteiger partial charge is 0.481 e. The van der Waals surface area contributed by atoms with Crippen molar-refractivity contribution in [3.05, 3.63) is 29.6 Å². The number of rotatable bonds is 3. The van der Waals surface area contributed by atoms with Crippen LogP contribution in [-0.4, -0.2) is 16.1 Å². The van der Waals surface area contributed by atoms with E-state index in [9.17, 15) is 13.6 Å². The predicted octanol–water partition coefficient (Wildman–Crippen LogP) is 0.834. The molecule has 0 spiro atoms. The number of carboxylic acids is 1. The fraction of sp³-hybridized carbons (Fsp3) is 0.250. The molecule has 0 aliphatic rings. The summed E-state index contributed by atoms with van der Waals surface area (Å²) < 4.78 is 25.5. The van der Waals surface area contributed by atoms with E-state index in [1.54, 1.807) is 0 Å². The van der Waals surface area contributed by atoms with Gasteiger partial charge in [-0.05, 0) is 12.1 Å². The Labute approximate surface area is 78.4 Å². The summed E-state index contributed by atoms with van der Waals surface area (Å²) in [5.74, 6) is -2.88. The summed E-state index contributed by atoms with van der Waals surface area (Å²) in [6, 6.07) is 0.564. The summed E-state index contributed by atoms with van der Waals surface area (Å²) >= 11 is 0. The molecule has 3 N–H and O–H groups in total. The molecular weight excluding hydrogens is 194 g/mol. The van der Waals surface area contributed by atoms with Crippen LogP contribution >= 0.6 is 0 Å². The Morgan fingerprint density at radius 2 is 2.21 bits per heavy atom. The number of nitrogens with zero attached hydrogens (tertiary/aromatic N) is 1. The third-order valence-corrected chi connectivity index (χ3v) is 1.58. The molecule has 0 aromatic carbocycles. The number of aromatic nitrogens is 1. The molecule has 0 saturated heterocycles. The summed E-state index contributed by atoms with van der Waals surface area (Å²) in [5, 5.41) is 8.38. The van der Waals surface area contributed by atoms with E-state index in [1.807, 2.05) is 0 Å². The molecule has 0 unspecified atom stereocenters. The average Bonchev–Trinajstić information content (AvgIpc) is 2.08. The van der Waals surface area contributed by atoms with Gasteiger partial charge in [0.2, 0.25) is 5.95 Å². The van der Waals surface area contributed by atoms with Gasteiger partial charge >= 0.3 is 5.97 Å². The molecule has 1 aromatic rings. The Morgan fingerprint density at radius 3 is 2.79 bits per heavy atom. The second-order valence-corrected chi connectivity index (χ2v) is 2.71. The van der Waals surface area contributed by atoms with E-state index in [2.05, 4.69) is 4.98 Å². The van der Waals surface area contributed by atoms with Crippen LogP contribution in [0.15, 0.2) is 12.1 Å². The van der Waals surface area contributed by atoms with Gasteiger partial charge in [0.25, 0.3) is 0 Å². The van der Waals surface area contributed by atoms with Crippen LogP contribution in [0.5, 0.6) is 0 Å². The molecule has 1 aromatic heterocycles. The molecular formula is C8H8F2N2O2. The first-order valence-electron chi connectivity index (χ1n) is 3.80. The van der Waals surface area contributed by atoms with Crippen LogP contribution in [0, 0.1) is 11.8 Å². The Kier molecular flexibility index (Phi) is 3.08. The van der Waals surface area contributed by atoms with E-state index in [-0.39, 0.29) is 5.69 Å². The quantitative estimate of drug-likeness (QED) is 0.712. The van der Waals surface area contributed by atoms with E-state index >= 15 is 0 Å². The third-order valence-electron chi connectivity index (χ3n) is 1.58. The highest BCUT2D eigenvalue weighted by atomic mass is 19.1. The fourth-order valence-electron chi connectivity index (χ4n) is 0.978. The number of aliphatic carboxylic acids is 1. The molecule has 0 aliphatic carbocycles. The van der Waals surface area contributed by atoms with Crippen molar-refractivity contribution in [2.75, 3.05) is 0 Å². The molecule has 0 saturated carbocycles. The van der Waals surface area contributed by atoms with Gasteiger partial charge in [-0.2, -0.15) is 4.39 Å². The number of hydrogen-bond donors (Lipinski definition) is 2. The highest BCUT2D eigenvalue weighted by molar-refractivity contribution is 5.67. The molecule has 76 valence electrons. The average molecular weight is 202 g/mol. The highest BCUT2D eigenvalue weighted by Gasteiger charge is 2.17. The molecule has 0 amide bonds. The van der Waals surface area contributed by atoms with Gasteiger partial charge in [0.15, 0.2) is 0 Å². The third kappa shape index (κ3) is 2.46. The van der Waals surface area contributed by atoms with Gasteiger partial charge in [-0.3, -0.25) is 4.79 Å². The van der Waals surface area contributed by atoms with Crippen molar-refractivity contribution in [1.82, 2.24) is 4.98 Å². The number of hydrogen-bond acceptors (Lipinski definition) is 3. The van der Waals surface area contributed by atoms with Crippen LogP contribution < -0.4 is 5.73 Å². The SMILES string of the molecule is N[C@@H](CC(=O)O)c1nc(F)ccc1F. The number of carboxylic acid groups (broad SMARTS) is 1. The minimum atomic E-state index is -1.19. The van der Waals surface area contributed by atoms with E-state index in [1.165, 1.54) is 0 Å². The molecule has 14 heavy (non-hydrogen) atoms. The van der Waals surface area contributed by atoms with Gasteiger partial charge in [0.05, 0.1) is 18.2 Å². The number of nitrogens with two attached hydrogens (primary N) is 1. The van der Waals surface area contributed by atoms with Gasteiger partial charge in [0, 0.05) is 0 Å². The van der Waals surface area contributed by atoms with E-state index in [4.69, 9.17) is 10.8 Å². The van der Waals surface area contributed by atoms with Crippen molar-refractivity contribution in [3.8, 4) is 0 Å². The maximum absolute atomic E-state index is 13.0. The van der Waals surface area contributed by atoms with Crippen LogP contribution in [0.1, 0.15) is 18.2 Å². The van der Waals surface area contributed by atoms with Crippen LogP contribution in [-0.2, 0) is 4.79 Å². The van der Waals surface area contributed by atoms with Crippen molar-refractivity contribution in [3.63, 3.8) is 0 Å². The summed E-state index contributed by atoms with van der Waals surface area (Å²) in [6.45, 7) is 0. The van der Waals surface area contributed by atoms with Crippen LogP contribution in [0.4, 0.5) is 8.78 Å². The first-order valence-corrected chi connectivity index (χ1v) is 3.80. The summed E-state index contributed by atoms with van der Waals surface area (Å²) in [7, 11) is 0. The molecule has 4 nitrogen and oxygen atoms in total. The summed E-state index contributed by atoms with van der Waals surface area (Å²) in [4.78, 5) is 13.5. The number of pyridine rings is 1. The Hall–Kier alpha value is -1.56. The fourth-order valence-corrected chi connectivity index (χ4v) is 0.978. The topological polar surface area (TPSA) is 76.2 Å². The van der Waals surface area contributed by atoms with Gasteiger partial charge in [0.1, 0.15) is 5.82 Å². The Balaban J connectivity index is 2.93. The first-order chi connectivity index (χ1) is 6.50. The van der Waals surface area contributed by atoms with Crippen LogP contribution in [0.2, 0.25) is 0 Å². The second-order valence-electron chi connectivity index (χ2n) is 2.71. The normalized spacial score (nSPS) is 12.5. The van der Waals surface area contributed by atoms with Crippen molar-refractivity contribution < 1.29 is 18.7 Å².